The molecule has 2 aromatic carbocycles. The Kier molecular flexibility index (Phi) is 5.31. The molecule has 0 aromatic heterocycles. The van der Waals surface area contributed by atoms with Crippen molar-refractivity contribution in [3.8, 4) is 0 Å². The van der Waals surface area contributed by atoms with E-state index in [9.17, 15) is 0 Å². The summed E-state index contributed by atoms with van der Waals surface area (Å²) in [6, 6.07) is 16.7. The molecule has 0 aliphatic carbocycles. The Balaban J connectivity index is 2.48. The molecule has 0 spiro atoms. The average molecular weight is 290 g/mol. The Morgan fingerprint density at radius 1 is 1.14 bits per heavy atom. The first-order valence-electron chi connectivity index (χ1n) is 7.34. The maximum Gasteiger partial charge on any atom is 0.0490 e. The third-order valence-corrected chi connectivity index (χ3v) is 3.61. The highest BCUT2D eigenvalue weighted by Crippen LogP contribution is 2.31. The van der Waals surface area contributed by atoms with Gasteiger partial charge in [-0.05, 0) is 54.8 Å². The number of hydrogen-bond acceptors (Lipinski definition) is 2. The third kappa shape index (κ3) is 3.53. The highest BCUT2D eigenvalue weighted by atomic mass is 15.1. The number of benzene rings is 2. The van der Waals surface area contributed by atoms with E-state index in [0.29, 0.717) is 0 Å². The van der Waals surface area contributed by atoms with Crippen molar-refractivity contribution in [3.63, 3.8) is 0 Å². The average Bonchev–Trinajstić information content (AvgIpc) is 2.56. The lowest BCUT2D eigenvalue weighted by Crippen LogP contribution is -2.09. The van der Waals surface area contributed by atoms with Gasteiger partial charge in [0.15, 0.2) is 0 Å². The van der Waals surface area contributed by atoms with Crippen LogP contribution in [-0.4, -0.2) is 13.3 Å². The van der Waals surface area contributed by atoms with E-state index in [4.69, 9.17) is 0 Å². The van der Waals surface area contributed by atoms with Gasteiger partial charge < -0.3 is 4.90 Å². The molecule has 2 rings (SSSR count). The van der Waals surface area contributed by atoms with Crippen LogP contribution in [-0.2, 0) is 0 Å². The van der Waals surface area contributed by atoms with Gasteiger partial charge in [-0.2, -0.15) is 0 Å². The van der Waals surface area contributed by atoms with Gasteiger partial charge in [0.1, 0.15) is 0 Å². The lowest BCUT2D eigenvalue weighted by molar-refractivity contribution is 1.25. The van der Waals surface area contributed by atoms with E-state index in [1.165, 1.54) is 16.7 Å². The number of aryl methyl sites for hydroxylation is 1. The molecule has 0 N–H and O–H groups in total. The quantitative estimate of drug-likeness (QED) is 0.675. The number of aliphatic imine (C=N–C) groups is 1. The Hall–Kier alpha value is -2.61. The van der Waals surface area contributed by atoms with E-state index < -0.39 is 0 Å². The van der Waals surface area contributed by atoms with Crippen molar-refractivity contribution in [2.75, 3.05) is 11.9 Å². The molecular weight excluding hydrogens is 268 g/mol. The molecule has 0 fully saturated rings. The molecule has 22 heavy (non-hydrogen) atoms. The summed E-state index contributed by atoms with van der Waals surface area (Å²) in [4.78, 5) is 6.12. The van der Waals surface area contributed by atoms with Gasteiger partial charge in [-0.3, -0.25) is 4.99 Å². The molecule has 112 valence electrons. The van der Waals surface area contributed by atoms with Gasteiger partial charge >= 0.3 is 0 Å². The zero-order valence-electron chi connectivity index (χ0n) is 13.5. The first-order chi connectivity index (χ1) is 10.7. The maximum absolute atomic E-state index is 4.01. The van der Waals surface area contributed by atoms with E-state index >= 15 is 0 Å². The first kappa shape index (κ1) is 15.8. The maximum atomic E-state index is 4.01. The highest BCUT2D eigenvalue weighted by Gasteiger charge is 2.09. The molecule has 0 atom stereocenters. The normalized spacial score (nSPS) is 11.7. The summed E-state index contributed by atoms with van der Waals surface area (Å²) in [5.41, 5.74) is 5.83. The van der Waals surface area contributed by atoms with Crippen LogP contribution in [0.4, 0.5) is 11.4 Å². The van der Waals surface area contributed by atoms with Crippen LogP contribution < -0.4 is 4.90 Å². The van der Waals surface area contributed by atoms with Gasteiger partial charge in [0.25, 0.3) is 0 Å². The molecule has 0 unspecified atom stereocenters. The number of anilines is 2. The minimum Gasteiger partial charge on any atom is -0.317 e. The van der Waals surface area contributed by atoms with Crippen LogP contribution in [0.25, 0.3) is 5.57 Å². The molecule has 0 radical (unpaired) electrons. The van der Waals surface area contributed by atoms with Gasteiger partial charge in [0, 0.05) is 30.8 Å². The number of rotatable bonds is 5. The monoisotopic (exact) mass is 290 g/mol. The van der Waals surface area contributed by atoms with E-state index in [-0.39, 0.29) is 0 Å². The summed E-state index contributed by atoms with van der Waals surface area (Å²) >= 11 is 0. The van der Waals surface area contributed by atoms with Crippen molar-refractivity contribution in [3.05, 3.63) is 78.5 Å². The summed E-state index contributed by atoms with van der Waals surface area (Å²) in [5, 5.41) is 0. The summed E-state index contributed by atoms with van der Waals surface area (Å²) in [7, 11) is 1.78. The standard InChI is InChI=1S/C20H22N2/c1-5-22(19-9-7-6-8-10-19)20-15-18(12-11-17(20)3)16(2)13-14-21-4/h5-15H,1H2,2-4H3/b16-13+,21-14-. The number of nitrogens with zero attached hydrogens (tertiary/aromatic N) is 2. The second kappa shape index (κ2) is 7.41. The lowest BCUT2D eigenvalue weighted by atomic mass is 10.0. The van der Waals surface area contributed by atoms with Crippen molar-refractivity contribution in [1.29, 1.82) is 0 Å². The van der Waals surface area contributed by atoms with Crippen molar-refractivity contribution in [1.82, 2.24) is 0 Å². The van der Waals surface area contributed by atoms with Crippen LogP contribution in [0.15, 0.2) is 72.4 Å². The zero-order valence-corrected chi connectivity index (χ0v) is 13.5. The van der Waals surface area contributed by atoms with Gasteiger partial charge in [0.2, 0.25) is 0 Å². The second-order valence-electron chi connectivity index (χ2n) is 5.15. The molecule has 0 saturated heterocycles. The zero-order chi connectivity index (χ0) is 15.9. The van der Waals surface area contributed by atoms with Crippen molar-refractivity contribution in [2.24, 2.45) is 4.99 Å². The fourth-order valence-electron chi connectivity index (χ4n) is 2.33. The number of allylic oxidation sites excluding steroid dienone is 2. The molecular formula is C20H22N2. The molecule has 0 saturated carbocycles. The Morgan fingerprint density at radius 3 is 2.50 bits per heavy atom. The molecule has 0 aliphatic rings. The predicted molar refractivity (Wildman–Crippen MR) is 98.0 cm³/mol. The van der Waals surface area contributed by atoms with E-state index in [1.807, 2.05) is 36.7 Å². The molecule has 0 aliphatic heterocycles. The fraction of sp³-hybridized carbons (Fsp3) is 0.150. The van der Waals surface area contributed by atoms with Crippen LogP contribution in [0.1, 0.15) is 18.1 Å². The van der Waals surface area contributed by atoms with Crippen molar-refractivity contribution in [2.45, 2.75) is 13.8 Å². The lowest BCUT2D eigenvalue weighted by Gasteiger charge is -2.23. The molecule has 0 amide bonds. The second-order valence-corrected chi connectivity index (χ2v) is 5.15. The first-order valence-corrected chi connectivity index (χ1v) is 7.34. The Bertz CT molecular complexity index is 697. The third-order valence-electron chi connectivity index (χ3n) is 3.61. The minimum atomic E-state index is 1.11. The van der Waals surface area contributed by atoms with E-state index in [1.54, 1.807) is 7.05 Å². The highest BCUT2D eigenvalue weighted by molar-refractivity contribution is 5.85. The number of hydrogen-bond donors (Lipinski definition) is 0. The molecule has 2 nitrogen and oxygen atoms in total. The van der Waals surface area contributed by atoms with Gasteiger partial charge in [-0.1, -0.05) is 36.9 Å². The van der Waals surface area contributed by atoms with E-state index in [0.717, 1.165) is 11.4 Å². The Morgan fingerprint density at radius 2 is 1.86 bits per heavy atom. The smallest absolute Gasteiger partial charge is 0.0490 e. The topological polar surface area (TPSA) is 15.6 Å². The molecule has 2 heteroatoms. The van der Waals surface area contributed by atoms with Crippen molar-refractivity contribution < 1.29 is 0 Å². The molecule has 2 aromatic rings. The van der Waals surface area contributed by atoms with Crippen LogP contribution in [0.5, 0.6) is 0 Å². The molecule has 0 bridgehead atoms. The van der Waals surface area contributed by atoms with E-state index in [2.05, 4.69) is 60.7 Å². The van der Waals surface area contributed by atoms with Gasteiger partial charge in [-0.25, -0.2) is 0 Å². The van der Waals surface area contributed by atoms with Gasteiger partial charge in [0.05, 0.1) is 0 Å². The number of para-hydroxylation sites is 1. The Labute approximate surface area is 133 Å². The SMILES string of the molecule is C=CN(c1ccccc1)c1cc(/C(C)=C/C=N\C)ccc1C. The summed E-state index contributed by atoms with van der Waals surface area (Å²) in [6.45, 7) is 8.18. The van der Waals surface area contributed by atoms with Crippen LogP contribution in [0.2, 0.25) is 0 Å². The summed E-state index contributed by atoms with van der Waals surface area (Å²) in [5.74, 6) is 0. The van der Waals surface area contributed by atoms with Crippen LogP contribution in [0, 0.1) is 6.92 Å². The van der Waals surface area contributed by atoms with Crippen molar-refractivity contribution >= 4 is 23.2 Å². The largest absolute Gasteiger partial charge is 0.317 e. The van der Waals surface area contributed by atoms with Crippen LogP contribution in [0.3, 0.4) is 0 Å². The molecule has 0 heterocycles. The predicted octanol–water partition coefficient (Wildman–Crippen LogP) is 5.38. The van der Waals surface area contributed by atoms with Gasteiger partial charge in [-0.15, -0.1) is 0 Å². The summed E-state index contributed by atoms with van der Waals surface area (Å²) < 4.78 is 0. The fourth-order valence-corrected chi connectivity index (χ4v) is 2.33. The minimum absolute atomic E-state index is 1.11. The summed E-state index contributed by atoms with van der Waals surface area (Å²) in [6.07, 6.45) is 5.69. The van der Waals surface area contributed by atoms with Crippen LogP contribution >= 0.6 is 0 Å².